The summed E-state index contributed by atoms with van der Waals surface area (Å²) in [5, 5.41) is 21.3. The molecule has 0 bridgehead atoms. The molecule has 2 aromatic carbocycles. The van der Waals surface area contributed by atoms with Crippen LogP contribution >= 0.6 is 0 Å². The number of nitrogens with zero attached hydrogens (tertiary/aromatic N) is 4. The highest BCUT2D eigenvalue weighted by Gasteiger charge is 2.29. The molecule has 44 heavy (non-hydrogen) atoms. The Balaban J connectivity index is 1.34. The van der Waals surface area contributed by atoms with Crippen molar-refractivity contribution in [3.63, 3.8) is 0 Å². The van der Waals surface area contributed by atoms with Gasteiger partial charge in [0, 0.05) is 35.8 Å². The van der Waals surface area contributed by atoms with E-state index in [1.165, 1.54) is 4.52 Å². The third-order valence-electron chi connectivity index (χ3n) is 7.42. The van der Waals surface area contributed by atoms with Crippen molar-refractivity contribution >= 4 is 34.1 Å². The van der Waals surface area contributed by atoms with E-state index in [0.29, 0.717) is 39.8 Å². The van der Waals surface area contributed by atoms with Crippen LogP contribution in [0.5, 0.6) is 0 Å². The second-order valence-corrected chi connectivity index (χ2v) is 10.4. The van der Waals surface area contributed by atoms with Crippen LogP contribution in [0.2, 0.25) is 0 Å². The van der Waals surface area contributed by atoms with Gasteiger partial charge in [-0.1, -0.05) is 42.2 Å². The molecule has 6 rings (SSSR count). The largest absolute Gasteiger partial charge is 0.458 e. The second-order valence-electron chi connectivity index (χ2n) is 10.4. The van der Waals surface area contributed by atoms with E-state index in [1.807, 2.05) is 42.5 Å². The molecule has 1 saturated heterocycles. The fourth-order valence-electron chi connectivity index (χ4n) is 5.31. The zero-order valence-corrected chi connectivity index (χ0v) is 23.7. The van der Waals surface area contributed by atoms with Crippen LogP contribution in [0.4, 0.5) is 5.82 Å². The topological polar surface area (TPSA) is 166 Å². The molecule has 222 valence electrons. The number of hydrogen-bond acceptors (Lipinski definition) is 9. The Morgan fingerprint density at radius 1 is 1.18 bits per heavy atom. The lowest BCUT2D eigenvalue weighted by Crippen LogP contribution is -2.39. The number of aliphatic hydroxyl groups excluding tert-OH is 1. The quantitative estimate of drug-likeness (QED) is 0.126. The molecule has 0 radical (unpaired) electrons. The highest BCUT2D eigenvalue weighted by atomic mass is 16.6. The minimum atomic E-state index is -1.04. The van der Waals surface area contributed by atoms with Crippen molar-refractivity contribution in [3.8, 4) is 17.5 Å². The number of aromatic nitrogens is 4. The summed E-state index contributed by atoms with van der Waals surface area (Å²) < 4.78 is 8.08. The molecule has 0 aliphatic carbocycles. The van der Waals surface area contributed by atoms with E-state index in [2.05, 4.69) is 32.6 Å². The number of anilines is 1. The lowest BCUT2D eigenvalue weighted by molar-refractivity contribution is -0.146. The van der Waals surface area contributed by atoms with Gasteiger partial charge in [-0.3, -0.25) is 24.3 Å². The molecule has 1 aliphatic rings. The summed E-state index contributed by atoms with van der Waals surface area (Å²) in [6.45, 7) is 1.90. The minimum Gasteiger partial charge on any atom is -0.458 e. The van der Waals surface area contributed by atoms with Crippen LogP contribution in [-0.2, 0) is 9.53 Å². The first-order valence-corrected chi connectivity index (χ1v) is 14.1. The SMILES string of the molecule is C[C@H](NC(=O)c1c(N)nn2cccnc12)c1cc2cccc(C#CCNC(O)[C@@H]3CCC(=O)O3)c2c(=O)n1-c1ccccc1. The molecule has 1 fully saturated rings. The molecule has 0 saturated carbocycles. The van der Waals surface area contributed by atoms with E-state index in [-0.39, 0.29) is 35.9 Å². The van der Waals surface area contributed by atoms with Gasteiger partial charge in [0.15, 0.2) is 11.5 Å². The number of nitrogens with two attached hydrogens (primary N) is 1. The summed E-state index contributed by atoms with van der Waals surface area (Å²) in [4.78, 5) is 43.2. The van der Waals surface area contributed by atoms with Gasteiger partial charge >= 0.3 is 5.97 Å². The highest BCUT2D eigenvalue weighted by Crippen LogP contribution is 2.24. The van der Waals surface area contributed by atoms with E-state index in [0.717, 1.165) is 0 Å². The fourth-order valence-corrected chi connectivity index (χ4v) is 5.31. The summed E-state index contributed by atoms with van der Waals surface area (Å²) in [7, 11) is 0. The number of cyclic esters (lactones) is 1. The first-order valence-electron chi connectivity index (χ1n) is 14.1. The number of amides is 1. The van der Waals surface area contributed by atoms with E-state index >= 15 is 0 Å². The van der Waals surface area contributed by atoms with Gasteiger partial charge < -0.3 is 20.9 Å². The summed E-state index contributed by atoms with van der Waals surface area (Å²) >= 11 is 0. The van der Waals surface area contributed by atoms with Crippen molar-refractivity contribution in [2.24, 2.45) is 0 Å². The Bertz CT molecular complexity index is 2010. The molecule has 4 heterocycles. The fraction of sp³-hybridized carbons (Fsp3) is 0.219. The number of para-hydroxylation sites is 1. The molecular weight excluding hydrogens is 562 g/mol. The molecule has 1 aliphatic heterocycles. The summed E-state index contributed by atoms with van der Waals surface area (Å²) in [6.07, 6.45) is 2.27. The molecule has 12 nitrogen and oxygen atoms in total. The summed E-state index contributed by atoms with van der Waals surface area (Å²) in [6, 6.07) is 17.4. The van der Waals surface area contributed by atoms with Gasteiger partial charge in [-0.15, -0.1) is 5.10 Å². The van der Waals surface area contributed by atoms with Gasteiger partial charge in [-0.25, -0.2) is 9.50 Å². The van der Waals surface area contributed by atoms with Crippen LogP contribution in [0, 0.1) is 11.8 Å². The lowest BCUT2D eigenvalue weighted by Gasteiger charge is -2.21. The predicted octanol–water partition coefficient (Wildman–Crippen LogP) is 2.07. The van der Waals surface area contributed by atoms with Gasteiger partial charge in [0.25, 0.3) is 11.5 Å². The van der Waals surface area contributed by atoms with Crippen molar-refractivity contribution in [3.05, 3.63) is 100 Å². The number of benzene rings is 2. The number of ether oxygens (including phenoxy) is 1. The maximum Gasteiger partial charge on any atom is 0.306 e. The Hall–Kier alpha value is -5.51. The van der Waals surface area contributed by atoms with Crippen molar-refractivity contribution in [1.82, 2.24) is 29.8 Å². The highest BCUT2D eigenvalue weighted by molar-refractivity contribution is 6.04. The lowest BCUT2D eigenvalue weighted by atomic mass is 10.0. The number of aliphatic hydroxyl groups is 1. The Morgan fingerprint density at radius 2 is 2.00 bits per heavy atom. The average molecular weight is 592 g/mol. The van der Waals surface area contributed by atoms with Crippen LogP contribution < -0.4 is 21.9 Å². The van der Waals surface area contributed by atoms with Crippen LogP contribution in [-0.4, -0.2) is 55.0 Å². The Labute approximate surface area is 251 Å². The van der Waals surface area contributed by atoms with Gasteiger partial charge in [0.1, 0.15) is 17.9 Å². The maximum absolute atomic E-state index is 14.2. The molecule has 3 aromatic heterocycles. The number of fused-ring (bicyclic) bond motifs is 2. The Kier molecular flexibility index (Phi) is 7.80. The normalized spacial score (nSPS) is 15.9. The molecule has 5 N–H and O–H groups in total. The maximum atomic E-state index is 14.2. The molecule has 1 amide bonds. The number of pyridine rings is 1. The van der Waals surface area contributed by atoms with Crippen molar-refractivity contribution in [1.29, 1.82) is 0 Å². The van der Waals surface area contributed by atoms with Crippen LogP contribution in [0.1, 0.15) is 47.4 Å². The molecule has 1 unspecified atom stereocenters. The monoisotopic (exact) mass is 591 g/mol. The first-order chi connectivity index (χ1) is 21.3. The number of nitrogen functional groups attached to an aromatic ring is 1. The molecule has 12 heteroatoms. The van der Waals surface area contributed by atoms with Crippen molar-refractivity contribution in [2.75, 3.05) is 12.3 Å². The number of rotatable bonds is 7. The van der Waals surface area contributed by atoms with E-state index < -0.39 is 24.3 Å². The van der Waals surface area contributed by atoms with E-state index in [1.54, 1.807) is 42.1 Å². The minimum absolute atomic E-state index is 0.0434. The molecule has 3 atom stereocenters. The predicted molar refractivity (Wildman–Crippen MR) is 163 cm³/mol. The number of carbonyl (C=O) groups is 2. The average Bonchev–Trinajstić information content (AvgIpc) is 3.61. The third-order valence-corrected chi connectivity index (χ3v) is 7.42. The van der Waals surface area contributed by atoms with Gasteiger partial charge in [0.2, 0.25) is 0 Å². The summed E-state index contributed by atoms with van der Waals surface area (Å²) in [5.41, 5.74) is 7.90. The number of esters is 1. The molecular formula is C32H29N7O5. The third kappa shape index (κ3) is 5.49. The van der Waals surface area contributed by atoms with Crippen molar-refractivity contribution in [2.45, 2.75) is 38.1 Å². The second kappa shape index (κ2) is 12.0. The van der Waals surface area contributed by atoms with E-state index in [4.69, 9.17) is 10.5 Å². The van der Waals surface area contributed by atoms with E-state index in [9.17, 15) is 19.5 Å². The number of carbonyl (C=O) groups excluding carboxylic acids is 2. The summed E-state index contributed by atoms with van der Waals surface area (Å²) in [5.74, 6) is 5.23. The zero-order chi connectivity index (χ0) is 30.8. The number of nitrogens with one attached hydrogen (secondary N) is 2. The molecule has 5 aromatic rings. The smallest absolute Gasteiger partial charge is 0.306 e. The number of hydrogen-bond donors (Lipinski definition) is 4. The molecule has 0 spiro atoms. The first kappa shape index (κ1) is 28.6. The van der Waals surface area contributed by atoms with Gasteiger partial charge in [-0.2, -0.15) is 0 Å². The van der Waals surface area contributed by atoms with Crippen LogP contribution in [0.15, 0.2) is 77.9 Å². The van der Waals surface area contributed by atoms with Crippen molar-refractivity contribution < 1.29 is 19.4 Å². The van der Waals surface area contributed by atoms with Crippen LogP contribution in [0.3, 0.4) is 0 Å². The van der Waals surface area contributed by atoms with Gasteiger partial charge in [0.05, 0.1) is 18.0 Å². The Morgan fingerprint density at radius 3 is 2.77 bits per heavy atom. The van der Waals surface area contributed by atoms with Gasteiger partial charge in [-0.05, 0) is 49.1 Å². The standard InChI is InChI=1S/C32H29N7O5/c1-19(36-31(42)27-28(33)37-38-17-7-16-34-29(27)38)23-18-21-9-5-8-20(10-6-15-35-30(41)24-13-14-25(40)44-24)26(21)32(43)39(23)22-11-3-2-4-12-22/h2-5,7-9,11-12,16-19,24,30,35,41H,13-15H2,1H3,(H2,33,37)(H,36,42)/t19-,24-,30?/m0/s1. The van der Waals surface area contributed by atoms with Crippen LogP contribution in [0.25, 0.3) is 22.1 Å². The zero-order valence-electron chi connectivity index (χ0n) is 23.7.